The Hall–Kier alpha value is -3.77. The van der Waals surface area contributed by atoms with Gasteiger partial charge in [0.2, 0.25) is 0 Å². The summed E-state index contributed by atoms with van der Waals surface area (Å²) in [6.45, 7) is 6.14. The van der Waals surface area contributed by atoms with Gasteiger partial charge in [0, 0.05) is 16.3 Å². The zero-order valence-corrected chi connectivity index (χ0v) is 20.7. The molecule has 1 N–H and O–H groups in total. The summed E-state index contributed by atoms with van der Waals surface area (Å²) in [5.74, 6) is -0.787. The van der Waals surface area contributed by atoms with Crippen molar-refractivity contribution in [1.29, 1.82) is 0 Å². The van der Waals surface area contributed by atoms with Crippen LogP contribution in [0.2, 0.25) is 5.02 Å². The summed E-state index contributed by atoms with van der Waals surface area (Å²) in [7, 11) is 1.54. The van der Waals surface area contributed by atoms with Crippen LogP contribution in [0.15, 0.2) is 66.2 Å². The van der Waals surface area contributed by atoms with Crippen molar-refractivity contribution < 1.29 is 24.2 Å². The predicted octanol–water partition coefficient (Wildman–Crippen LogP) is 5.99. The van der Waals surface area contributed by atoms with E-state index in [1.165, 1.54) is 12.0 Å². The quantitative estimate of drug-likeness (QED) is 0.260. The highest BCUT2D eigenvalue weighted by Gasteiger charge is 2.47. The lowest BCUT2D eigenvalue weighted by molar-refractivity contribution is -0.132. The van der Waals surface area contributed by atoms with E-state index < -0.39 is 17.7 Å². The molecule has 180 valence electrons. The minimum absolute atomic E-state index is 0.00848. The molecule has 1 unspecified atom stereocenters. The number of carbonyl (C=O) groups excluding carboxylic acids is 2. The van der Waals surface area contributed by atoms with Gasteiger partial charge in [0.25, 0.3) is 11.7 Å². The van der Waals surface area contributed by atoms with Gasteiger partial charge in [-0.3, -0.25) is 14.5 Å². The molecule has 3 aromatic rings. The molecule has 1 fully saturated rings. The molecule has 1 aliphatic heterocycles. The van der Waals surface area contributed by atoms with Crippen LogP contribution in [-0.2, 0) is 9.59 Å². The first-order valence-electron chi connectivity index (χ1n) is 11.2. The number of carbonyl (C=O) groups is 2. The van der Waals surface area contributed by atoms with Crippen LogP contribution in [0.3, 0.4) is 0 Å². The van der Waals surface area contributed by atoms with Crippen LogP contribution >= 0.6 is 11.6 Å². The van der Waals surface area contributed by atoms with E-state index >= 15 is 0 Å². The van der Waals surface area contributed by atoms with Crippen LogP contribution in [0.4, 0.5) is 5.69 Å². The first kappa shape index (κ1) is 24.4. The molecule has 6 nitrogen and oxygen atoms in total. The Morgan fingerprint density at radius 3 is 2.43 bits per heavy atom. The number of ketones is 1. The van der Waals surface area contributed by atoms with Crippen LogP contribution < -0.4 is 14.4 Å². The molecule has 3 aromatic carbocycles. The van der Waals surface area contributed by atoms with Crippen LogP contribution in [0.5, 0.6) is 11.5 Å². The molecular weight excluding hydrogens is 466 g/mol. The van der Waals surface area contributed by atoms with Crippen molar-refractivity contribution in [2.45, 2.75) is 26.8 Å². The van der Waals surface area contributed by atoms with Crippen molar-refractivity contribution >= 4 is 34.7 Å². The number of methoxy groups -OCH3 is 1. The Balaban J connectivity index is 1.98. The number of ether oxygens (including phenoxy) is 2. The van der Waals surface area contributed by atoms with Gasteiger partial charge in [-0.15, -0.1) is 0 Å². The fraction of sp³-hybridized carbons (Fsp3) is 0.214. The van der Waals surface area contributed by atoms with Crippen LogP contribution in [0, 0.1) is 13.8 Å². The molecule has 1 amide bonds. The van der Waals surface area contributed by atoms with Crippen molar-refractivity contribution in [1.82, 2.24) is 0 Å². The van der Waals surface area contributed by atoms with Gasteiger partial charge >= 0.3 is 0 Å². The standard InChI is InChI=1S/C28H26ClNO5/c1-5-35-23-14-18(11-12-22(23)34-4)25-24(26(31)19-10-9-16(2)17(3)13-19)27(32)28(33)30(25)21-8-6-7-20(29)15-21/h6-15,25,31H,5H2,1-4H3/b26-24-. The van der Waals surface area contributed by atoms with E-state index in [1.54, 1.807) is 54.6 Å². The number of hydrogen-bond acceptors (Lipinski definition) is 5. The van der Waals surface area contributed by atoms with E-state index in [9.17, 15) is 14.7 Å². The summed E-state index contributed by atoms with van der Waals surface area (Å²) < 4.78 is 11.1. The molecule has 1 saturated heterocycles. The van der Waals surface area contributed by atoms with Crippen LogP contribution in [-0.4, -0.2) is 30.5 Å². The SMILES string of the molecule is CCOc1cc(C2/C(=C(/O)c3ccc(C)c(C)c3)C(=O)C(=O)N2c2cccc(Cl)c2)ccc1OC. The van der Waals surface area contributed by atoms with Crippen molar-refractivity contribution in [2.75, 3.05) is 18.6 Å². The maximum Gasteiger partial charge on any atom is 0.300 e. The first-order valence-corrected chi connectivity index (χ1v) is 11.6. The number of aliphatic hydroxyl groups is 1. The van der Waals surface area contributed by atoms with Gasteiger partial charge < -0.3 is 14.6 Å². The Morgan fingerprint density at radius 1 is 1.00 bits per heavy atom. The molecule has 35 heavy (non-hydrogen) atoms. The number of halogens is 1. The number of rotatable bonds is 6. The fourth-order valence-electron chi connectivity index (χ4n) is 4.22. The fourth-order valence-corrected chi connectivity index (χ4v) is 4.40. The molecule has 7 heteroatoms. The molecule has 0 spiro atoms. The van der Waals surface area contributed by atoms with Crippen molar-refractivity contribution in [3.05, 3.63) is 93.5 Å². The Morgan fingerprint density at radius 2 is 1.77 bits per heavy atom. The van der Waals surface area contributed by atoms with Crippen LogP contribution in [0.25, 0.3) is 5.76 Å². The highest BCUT2D eigenvalue weighted by molar-refractivity contribution is 6.51. The first-order chi connectivity index (χ1) is 16.8. The zero-order valence-electron chi connectivity index (χ0n) is 20.0. The summed E-state index contributed by atoms with van der Waals surface area (Å²) in [5.41, 5.74) is 3.48. The van der Waals surface area contributed by atoms with E-state index in [-0.39, 0.29) is 11.3 Å². The third-order valence-corrected chi connectivity index (χ3v) is 6.35. The highest BCUT2D eigenvalue weighted by atomic mass is 35.5. The molecule has 0 radical (unpaired) electrons. The van der Waals surface area contributed by atoms with Gasteiger partial charge in [-0.05, 0) is 73.9 Å². The average molecular weight is 492 g/mol. The summed E-state index contributed by atoms with van der Waals surface area (Å²) in [5, 5.41) is 11.8. The van der Waals surface area contributed by atoms with E-state index in [2.05, 4.69) is 0 Å². The monoisotopic (exact) mass is 491 g/mol. The number of amides is 1. The number of aryl methyl sites for hydroxylation is 2. The molecule has 0 aliphatic carbocycles. The van der Waals surface area contributed by atoms with Gasteiger partial charge in [0.05, 0.1) is 25.3 Å². The van der Waals surface area contributed by atoms with Gasteiger partial charge in [0.15, 0.2) is 11.5 Å². The Kier molecular flexibility index (Phi) is 6.85. The normalized spacial score (nSPS) is 17.1. The van der Waals surface area contributed by atoms with Gasteiger partial charge in [-0.25, -0.2) is 0 Å². The number of anilines is 1. The number of hydrogen-bond donors (Lipinski definition) is 1. The van der Waals surface area contributed by atoms with Gasteiger partial charge in [-0.2, -0.15) is 0 Å². The smallest absolute Gasteiger partial charge is 0.300 e. The lowest BCUT2D eigenvalue weighted by Gasteiger charge is -2.26. The minimum Gasteiger partial charge on any atom is -0.507 e. The molecule has 0 aromatic heterocycles. The molecule has 1 atom stereocenters. The number of nitrogens with zero attached hydrogens (tertiary/aromatic N) is 1. The summed E-state index contributed by atoms with van der Waals surface area (Å²) in [4.78, 5) is 28.1. The Labute approximate surface area is 209 Å². The molecule has 1 aliphatic rings. The van der Waals surface area contributed by atoms with Gasteiger partial charge in [-0.1, -0.05) is 35.9 Å². The second-order valence-corrected chi connectivity index (χ2v) is 8.73. The van der Waals surface area contributed by atoms with Crippen LogP contribution in [0.1, 0.15) is 35.2 Å². The summed E-state index contributed by atoms with van der Waals surface area (Å²) >= 11 is 6.21. The molecule has 0 bridgehead atoms. The number of benzene rings is 3. The van der Waals surface area contributed by atoms with E-state index in [1.807, 2.05) is 26.8 Å². The van der Waals surface area contributed by atoms with E-state index in [4.69, 9.17) is 21.1 Å². The number of aliphatic hydroxyl groups excluding tert-OH is 1. The Bertz CT molecular complexity index is 1350. The lowest BCUT2D eigenvalue weighted by atomic mass is 9.94. The summed E-state index contributed by atoms with van der Waals surface area (Å²) in [6, 6.07) is 16.4. The average Bonchev–Trinajstić information content (AvgIpc) is 3.11. The number of Topliss-reactive ketones (excluding diaryl/α,β-unsaturated/α-hetero) is 1. The summed E-state index contributed by atoms with van der Waals surface area (Å²) in [6.07, 6.45) is 0. The van der Waals surface area contributed by atoms with Crippen molar-refractivity contribution in [3.63, 3.8) is 0 Å². The third kappa shape index (κ3) is 4.49. The maximum absolute atomic E-state index is 13.4. The lowest BCUT2D eigenvalue weighted by Crippen LogP contribution is -2.29. The zero-order chi connectivity index (χ0) is 25.3. The molecule has 4 rings (SSSR count). The molecular formula is C28H26ClNO5. The third-order valence-electron chi connectivity index (χ3n) is 6.11. The molecule has 1 heterocycles. The largest absolute Gasteiger partial charge is 0.507 e. The van der Waals surface area contributed by atoms with Gasteiger partial charge in [0.1, 0.15) is 5.76 Å². The maximum atomic E-state index is 13.4. The molecule has 0 saturated carbocycles. The highest BCUT2D eigenvalue weighted by Crippen LogP contribution is 2.44. The second-order valence-electron chi connectivity index (χ2n) is 8.29. The van der Waals surface area contributed by atoms with Crippen molar-refractivity contribution in [3.8, 4) is 11.5 Å². The topological polar surface area (TPSA) is 76.1 Å². The van der Waals surface area contributed by atoms with E-state index in [0.717, 1.165) is 11.1 Å². The minimum atomic E-state index is -0.903. The van der Waals surface area contributed by atoms with Crippen molar-refractivity contribution in [2.24, 2.45) is 0 Å². The van der Waals surface area contributed by atoms with E-state index in [0.29, 0.717) is 39.9 Å². The second kappa shape index (κ2) is 9.84. The predicted molar refractivity (Wildman–Crippen MR) is 136 cm³/mol.